The van der Waals surface area contributed by atoms with Gasteiger partial charge in [0.15, 0.2) is 0 Å². The average molecular weight is 324 g/mol. The summed E-state index contributed by atoms with van der Waals surface area (Å²) in [7, 11) is 0. The number of pyridine rings is 2. The number of hydrogen-bond donors (Lipinski definition) is 0. The van der Waals surface area contributed by atoms with E-state index in [0.29, 0.717) is 22.2 Å². The van der Waals surface area contributed by atoms with Crippen LogP contribution < -0.4 is 4.74 Å². The molecule has 0 spiro atoms. The van der Waals surface area contributed by atoms with E-state index in [1.54, 1.807) is 0 Å². The van der Waals surface area contributed by atoms with E-state index < -0.39 is 17.7 Å². The van der Waals surface area contributed by atoms with E-state index in [0.717, 1.165) is 6.92 Å². The lowest BCUT2D eigenvalue weighted by atomic mass is 10.1. The van der Waals surface area contributed by atoms with Gasteiger partial charge in [0.05, 0.1) is 23.5 Å². The molecule has 0 N–H and O–H groups in total. The lowest BCUT2D eigenvalue weighted by molar-refractivity contribution is -0.146. The summed E-state index contributed by atoms with van der Waals surface area (Å²) in [5.74, 6) is -2.36. The predicted molar refractivity (Wildman–Crippen MR) is 79.4 cm³/mol. The maximum Gasteiger partial charge on any atom is 0.379 e. The molecular formula is C16H9FN4O3. The van der Waals surface area contributed by atoms with Crippen molar-refractivity contribution in [2.24, 2.45) is 0 Å². The van der Waals surface area contributed by atoms with Gasteiger partial charge in [-0.05, 0) is 18.2 Å². The summed E-state index contributed by atoms with van der Waals surface area (Å²) in [5, 5.41) is 13.2. The van der Waals surface area contributed by atoms with E-state index in [4.69, 9.17) is 4.74 Å². The quantitative estimate of drug-likeness (QED) is 0.415. The largest absolute Gasteiger partial charge is 0.419 e. The highest BCUT2D eigenvalue weighted by Crippen LogP contribution is 2.30. The van der Waals surface area contributed by atoms with Crippen LogP contribution >= 0.6 is 0 Å². The lowest BCUT2D eigenvalue weighted by Crippen LogP contribution is -2.17. The van der Waals surface area contributed by atoms with Crippen LogP contribution in [0, 0.1) is 17.3 Å². The molecule has 0 saturated heterocycles. The van der Waals surface area contributed by atoms with Gasteiger partial charge in [-0.1, -0.05) is 0 Å². The van der Waals surface area contributed by atoms with Crippen LogP contribution in [-0.2, 0) is 9.59 Å². The van der Waals surface area contributed by atoms with Crippen molar-refractivity contribution in [2.75, 3.05) is 0 Å². The monoisotopic (exact) mass is 324 g/mol. The third-order valence-electron chi connectivity index (χ3n) is 3.24. The van der Waals surface area contributed by atoms with Crippen molar-refractivity contribution >= 4 is 17.3 Å². The summed E-state index contributed by atoms with van der Waals surface area (Å²) in [4.78, 5) is 26.1. The Labute approximate surface area is 134 Å². The second-order valence-electron chi connectivity index (χ2n) is 4.87. The molecule has 3 aromatic heterocycles. The lowest BCUT2D eigenvalue weighted by Gasteiger charge is -2.09. The number of carbonyl (C=O) groups is 2. The zero-order valence-electron chi connectivity index (χ0n) is 12.4. The number of ether oxygens (including phenoxy) is 1. The zero-order chi connectivity index (χ0) is 17.3. The van der Waals surface area contributed by atoms with Gasteiger partial charge < -0.3 is 4.74 Å². The molecule has 3 heterocycles. The van der Waals surface area contributed by atoms with E-state index >= 15 is 0 Å². The Bertz CT molecular complexity index is 1000. The number of fused-ring (bicyclic) bond motifs is 1. The van der Waals surface area contributed by atoms with Crippen LogP contribution in [0.1, 0.15) is 12.5 Å². The fraction of sp³-hybridized carbons (Fsp3) is 0.0625. The van der Waals surface area contributed by atoms with Crippen molar-refractivity contribution in [3.8, 4) is 22.9 Å². The Kier molecular flexibility index (Phi) is 3.75. The molecule has 8 heteroatoms. The fourth-order valence-electron chi connectivity index (χ4n) is 2.17. The molecule has 0 aliphatic rings. The van der Waals surface area contributed by atoms with E-state index in [2.05, 4.69) is 10.1 Å². The number of halogens is 1. The first-order valence-electron chi connectivity index (χ1n) is 6.75. The average Bonchev–Trinajstić information content (AvgIpc) is 2.97. The van der Waals surface area contributed by atoms with Crippen LogP contribution in [-0.4, -0.2) is 26.4 Å². The number of ketones is 1. The van der Waals surface area contributed by atoms with Crippen molar-refractivity contribution in [3.05, 3.63) is 48.3 Å². The molecular weight excluding hydrogens is 315 g/mol. The van der Waals surface area contributed by atoms with Crippen LogP contribution in [0.5, 0.6) is 5.75 Å². The highest BCUT2D eigenvalue weighted by atomic mass is 19.1. The van der Waals surface area contributed by atoms with Gasteiger partial charge in [-0.25, -0.2) is 14.3 Å². The van der Waals surface area contributed by atoms with Crippen LogP contribution in [0.4, 0.5) is 4.39 Å². The van der Waals surface area contributed by atoms with E-state index in [9.17, 15) is 19.2 Å². The van der Waals surface area contributed by atoms with Gasteiger partial charge in [-0.3, -0.25) is 4.79 Å². The molecule has 0 aliphatic heterocycles. The third-order valence-corrected chi connectivity index (χ3v) is 3.24. The van der Waals surface area contributed by atoms with Crippen molar-refractivity contribution in [2.45, 2.75) is 6.92 Å². The molecule has 0 bridgehead atoms. The Balaban J connectivity index is 2.21. The number of Topliss-reactive ketones (excluding diaryl/α,β-unsaturated/α-hetero) is 1. The molecule has 0 aromatic carbocycles. The molecule has 0 aliphatic carbocycles. The minimum atomic E-state index is -1.02. The molecule has 0 atom stereocenters. The minimum absolute atomic E-state index is 0.0645. The maximum atomic E-state index is 13.1. The Morgan fingerprint density at radius 3 is 2.75 bits per heavy atom. The highest BCUT2D eigenvalue weighted by molar-refractivity contribution is 6.33. The molecule has 0 radical (unpaired) electrons. The molecule has 0 unspecified atom stereocenters. The molecule has 0 saturated carbocycles. The van der Waals surface area contributed by atoms with Gasteiger partial charge in [-0.15, -0.1) is 0 Å². The van der Waals surface area contributed by atoms with Crippen molar-refractivity contribution in [1.29, 1.82) is 5.26 Å². The first-order valence-corrected chi connectivity index (χ1v) is 6.75. The molecule has 3 rings (SSSR count). The Morgan fingerprint density at radius 1 is 1.33 bits per heavy atom. The number of hydrogen-bond acceptors (Lipinski definition) is 6. The summed E-state index contributed by atoms with van der Waals surface area (Å²) in [6, 6.07) is 6.12. The summed E-state index contributed by atoms with van der Waals surface area (Å²) in [6.45, 7) is 1.09. The van der Waals surface area contributed by atoms with E-state index in [1.807, 2.05) is 6.07 Å². The van der Waals surface area contributed by atoms with Crippen LogP contribution in [0.2, 0.25) is 0 Å². The molecule has 24 heavy (non-hydrogen) atoms. The summed E-state index contributed by atoms with van der Waals surface area (Å²) in [6.07, 6.45) is 4.01. The molecule has 0 amide bonds. The van der Waals surface area contributed by atoms with Gasteiger partial charge in [0.25, 0.3) is 0 Å². The second kappa shape index (κ2) is 5.89. The van der Waals surface area contributed by atoms with Gasteiger partial charge >= 0.3 is 5.97 Å². The van der Waals surface area contributed by atoms with Crippen molar-refractivity contribution in [1.82, 2.24) is 14.6 Å². The molecule has 3 aromatic rings. The number of nitrogens with zero attached hydrogens (tertiary/aromatic N) is 4. The molecule has 0 fully saturated rings. The van der Waals surface area contributed by atoms with Gasteiger partial charge in [0.2, 0.25) is 11.7 Å². The zero-order valence-corrected chi connectivity index (χ0v) is 12.4. The first-order chi connectivity index (χ1) is 11.5. The number of rotatable bonds is 3. The second-order valence-corrected chi connectivity index (χ2v) is 4.87. The van der Waals surface area contributed by atoms with Gasteiger partial charge in [-0.2, -0.15) is 14.8 Å². The third kappa shape index (κ3) is 2.70. The van der Waals surface area contributed by atoms with Gasteiger partial charge in [0.1, 0.15) is 11.8 Å². The van der Waals surface area contributed by atoms with Crippen LogP contribution in [0.3, 0.4) is 0 Å². The predicted octanol–water partition coefficient (Wildman–Crippen LogP) is 1.90. The molecule has 118 valence electrons. The maximum absolute atomic E-state index is 13.1. The van der Waals surface area contributed by atoms with Crippen LogP contribution in [0.15, 0.2) is 36.8 Å². The molecule has 7 nitrogen and oxygen atoms in total. The van der Waals surface area contributed by atoms with E-state index in [-0.39, 0.29) is 5.75 Å². The van der Waals surface area contributed by atoms with Crippen molar-refractivity contribution < 1.29 is 18.7 Å². The number of nitriles is 1. The summed E-state index contributed by atoms with van der Waals surface area (Å²) in [5.41, 5.74) is 1.71. The van der Waals surface area contributed by atoms with E-state index in [1.165, 1.54) is 41.3 Å². The number of aromatic nitrogens is 3. The number of esters is 1. The summed E-state index contributed by atoms with van der Waals surface area (Å²) < 4.78 is 19.4. The topological polar surface area (TPSA) is 97.4 Å². The Hall–Kier alpha value is -3.60. The normalized spacial score (nSPS) is 10.4. The van der Waals surface area contributed by atoms with Crippen LogP contribution in [0.25, 0.3) is 16.6 Å². The summed E-state index contributed by atoms with van der Waals surface area (Å²) >= 11 is 0. The fourth-order valence-corrected chi connectivity index (χ4v) is 2.17. The smallest absolute Gasteiger partial charge is 0.379 e. The standard InChI is InChI=1S/C16H9FN4O3/c1-9(22)16(23)24-12-4-13(10-2-3-14(17)19-6-10)15-11(5-18)7-20-21(15)8-12/h2-4,6-8H,1H3. The Morgan fingerprint density at radius 2 is 2.12 bits per heavy atom. The minimum Gasteiger partial charge on any atom is -0.419 e. The first kappa shape index (κ1) is 15.3. The SMILES string of the molecule is CC(=O)C(=O)Oc1cc(-c2ccc(F)nc2)c2c(C#N)cnn2c1. The van der Waals surface area contributed by atoms with Gasteiger partial charge in [0, 0.05) is 24.2 Å². The van der Waals surface area contributed by atoms with Crippen molar-refractivity contribution in [3.63, 3.8) is 0 Å². The highest BCUT2D eigenvalue weighted by Gasteiger charge is 2.17. The number of carbonyl (C=O) groups excluding carboxylic acids is 2.